The van der Waals surface area contributed by atoms with Crippen molar-refractivity contribution in [2.75, 3.05) is 19.0 Å². The number of para-hydroxylation sites is 1. The minimum atomic E-state index is -0.525. The molecule has 1 saturated heterocycles. The maximum absolute atomic E-state index is 12.9. The molecule has 7 nitrogen and oxygen atoms in total. The minimum Gasteiger partial charge on any atom is -0.493 e. The Morgan fingerprint density at radius 2 is 1.74 bits per heavy atom. The Labute approximate surface area is 237 Å². The van der Waals surface area contributed by atoms with Gasteiger partial charge in [0, 0.05) is 4.47 Å². The van der Waals surface area contributed by atoms with Crippen LogP contribution in [0.2, 0.25) is 0 Å². The molecule has 1 N–H and O–H groups in total. The van der Waals surface area contributed by atoms with E-state index in [1.54, 1.807) is 49.6 Å². The third-order valence-corrected chi connectivity index (χ3v) is 7.67. The van der Waals surface area contributed by atoms with Crippen molar-refractivity contribution in [1.82, 2.24) is 4.90 Å². The van der Waals surface area contributed by atoms with Gasteiger partial charge in [-0.15, -0.1) is 0 Å². The normalized spacial score (nSPS) is 14.2. The summed E-state index contributed by atoms with van der Waals surface area (Å²) in [7, 11) is 1.54. The van der Waals surface area contributed by atoms with E-state index in [1.165, 1.54) is 0 Å². The maximum atomic E-state index is 12.9. The number of methoxy groups -OCH3 is 1. The van der Waals surface area contributed by atoms with E-state index < -0.39 is 17.1 Å². The van der Waals surface area contributed by atoms with Crippen LogP contribution < -0.4 is 14.8 Å². The molecule has 4 aromatic rings. The van der Waals surface area contributed by atoms with Crippen LogP contribution in [0.5, 0.6) is 11.5 Å². The van der Waals surface area contributed by atoms with Crippen LogP contribution in [0.1, 0.15) is 11.1 Å². The lowest BCUT2D eigenvalue weighted by molar-refractivity contribution is -0.127. The highest BCUT2D eigenvalue weighted by atomic mass is 79.9. The molecule has 0 spiro atoms. The second-order valence-corrected chi connectivity index (χ2v) is 10.5. The van der Waals surface area contributed by atoms with E-state index in [0.717, 1.165) is 33.0 Å². The number of anilines is 1. The van der Waals surface area contributed by atoms with Gasteiger partial charge in [-0.05, 0) is 79.9 Å². The summed E-state index contributed by atoms with van der Waals surface area (Å²) in [5.74, 6) is 0.0535. The lowest BCUT2D eigenvalue weighted by Gasteiger charge is -2.13. The van der Waals surface area contributed by atoms with Crippen LogP contribution in [0.15, 0.2) is 94.3 Å². The van der Waals surface area contributed by atoms with Crippen molar-refractivity contribution in [2.45, 2.75) is 6.61 Å². The lowest BCUT2D eigenvalue weighted by Crippen LogP contribution is -2.36. The predicted molar refractivity (Wildman–Crippen MR) is 157 cm³/mol. The second-order valence-electron chi connectivity index (χ2n) is 8.63. The number of halogens is 1. The number of thioether (sulfide) groups is 1. The van der Waals surface area contributed by atoms with Crippen molar-refractivity contribution in [3.8, 4) is 11.5 Å². The number of carbonyl (C=O) groups is 3. The van der Waals surface area contributed by atoms with Crippen molar-refractivity contribution in [3.63, 3.8) is 0 Å². The number of nitrogens with zero attached hydrogens (tertiary/aromatic N) is 1. The van der Waals surface area contributed by atoms with Gasteiger partial charge >= 0.3 is 0 Å². The molecule has 0 atom stereocenters. The van der Waals surface area contributed by atoms with Crippen molar-refractivity contribution in [2.24, 2.45) is 0 Å². The number of rotatable bonds is 8. The van der Waals surface area contributed by atoms with Gasteiger partial charge in [-0.1, -0.05) is 60.7 Å². The molecule has 0 saturated carbocycles. The second kappa shape index (κ2) is 11.8. The van der Waals surface area contributed by atoms with Crippen LogP contribution in [-0.4, -0.2) is 35.6 Å². The van der Waals surface area contributed by atoms with Crippen LogP contribution in [0.4, 0.5) is 10.5 Å². The number of nitrogens with one attached hydrogen (secondary N) is 1. The van der Waals surface area contributed by atoms with Crippen LogP contribution >= 0.6 is 27.7 Å². The molecule has 1 aliphatic rings. The molecule has 0 radical (unpaired) electrons. The van der Waals surface area contributed by atoms with Crippen LogP contribution in [0.3, 0.4) is 0 Å². The molecule has 1 heterocycles. The molecule has 39 heavy (non-hydrogen) atoms. The summed E-state index contributed by atoms with van der Waals surface area (Å²) < 4.78 is 12.3. The van der Waals surface area contributed by atoms with Gasteiger partial charge in [-0.25, -0.2) is 0 Å². The summed E-state index contributed by atoms with van der Waals surface area (Å²) in [6.07, 6.45) is 1.60. The first-order valence-corrected chi connectivity index (χ1v) is 13.6. The molecule has 9 heteroatoms. The molecule has 1 aliphatic heterocycles. The number of imide groups is 1. The van der Waals surface area contributed by atoms with Crippen molar-refractivity contribution >= 4 is 67.3 Å². The average molecular weight is 603 g/mol. The summed E-state index contributed by atoms with van der Waals surface area (Å²) >= 11 is 4.15. The Kier molecular flexibility index (Phi) is 7.99. The molecular formula is C30H23BrN2O5S. The molecule has 1 fully saturated rings. The smallest absolute Gasteiger partial charge is 0.294 e. The molecule has 0 aromatic heterocycles. The highest BCUT2D eigenvalue weighted by Gasteiger charge is 2.36. The maximum Gasteiger partial charge on any atom is 0.294 e. The standard InChI is InChI=1S/C30H23BrN2O5S/c1-37-26-15-19(13-14-25(26)38-18-21-9-6-8-20-7-2-3-10-22(20)21)16-27-29(35)33(30(36)39-27)17-28(34)32-24-12-5-4-11-23(24)31/h2-16H,17-18H2,1H3,(H,32,34)/b27-16+. The van der Waals surface area contributed by atoms with E-state index in [0.29, 0.717) is 33.8 Å². The third-order valence-electron chi connectivity index (χ3n) is 6.07. The van der Waals surface area contributed by atoms with Crippen molar-refractivity contribution in [1.29, 1.82) is 0 Å². The van der Waals surface area contributed by atoms with E-state index in [-0.39, 0.29) is 11.4 Å². The van der Waals surface area contributed by atoms with Crippen LogP contribution in [-0.2, 0) is 16.2 Å². The highest BCUT2D eigenvalue weighted by molar-refractivity contribution is 9.10. The fraction of sp³-hybridized carbons (Fsp3) is 0.100. The van der Waals surface area contributed by atoms with Crippen LogP contribution in [0.25, 0.3) is 16.8 Å². The Morgan fingerprint density at radius 1 is 0.974 bits per heavy atom. The van der Waals surface area contributed by atoms with Gasteiger partial charge in [-0.2, -0.15) is 0 Å². The zero-order valence-electron chi connectivity index (χ0n) is 20.8. The fourth-order valence-corrected chi connectivity index (χ4v) is 5.37. The van der Waals surface area contributed by atoms with E-state index in [2.05, 4.69) is 39.4 Å². The molecule has 0 unspecified atom stereocenters. The van der Waals surface area contributed by atoms with Gasteiger partial charge in [0.15, 0.2) is 11.5 Å². The van der Waals surface area contributed by atoms with E-state index in [9.17, 15) is 14.4 Å². The summed E-state index contributed by atoms with van der Waals surface area (Å²) in [5, 5.41) is 4.46. The number of hydrogen-bond donors (Lipinski definition) is 1. The van der Waals surface area contributed by atoms with Gasteiger partial charge < -0.3 is 14.8 Å². The number of benzene rings is 4. The lowest BCUT2D eigenvalue weighted by atomic mass is 10.1. The van der Waals surface area contributed by atoms with Crippen molar-refractivity contribution < 1.29 is 23.9 Å². The Balaban J connectivity index is 1.27. The monoisotopic (exact) mass is 602 g/mol. The van der Waals surface area contributed by atoms with Gasteiger partial charge in [0.1, 0.15) is 13.2 Å². The first-order chi connectivity index (χ1) is 18.9. The highest BCUT2D eigenvalue weighted by Crippen LogP contribution is 2.35. The van der Waals surface area contributed by atoms with Crippen LogP contribution in [0, 0.1) is 0 Å². The molecular weight excluding hydrogens is 580 g/mol. The fourth-order valence-electron chi connectivity index (χ4n) is 4.15. The number of fused-ring (bicyclic) bond motifs is 1. The number of carbonyl (C=O) groups excluding carboxylic acids is 3. The van der Waals surface area contributed by atoms with Gasteiger partial charge in [0.2, 0.25) is 5.91 Å². The summed E-state index contributed by atoms with van der Waals surface area (Å²) in [6.45, 7) is -0.0226. The molecule has 3 amide bonds. The topological polar surface area (TPSA) is 84.9 Å². The van der Waals surface area contributed by atoms with Gasteiger partial charge in [0.25, 0.3) is 11.1 Å². The minimum absolute atomic E-state index is 0.222. The molecule has 0 aliphatic carbocycles. The zero-order valence-corrected chi connectivity index (χ0v) is 23.3. The molecule has 4 aromatic carbocycles. The molecule has 0 bridgehead atoms. The quantitative estimate of drug-likeness (QED) is 0.222. The van der Waals surface area contributed by atoms with Crippen molar-refractivity contribution in [3.05, 3.63) is 105 Å². The third kappa shape index (κ3) is 6.00. The van der Waals surface area contributed by atoms with E-state index >= 15 is 0 Å². The molecule has 196 valence electrons. The Hall–Kier alpha value is -4.08. The Morgan fingerprint density at radius 3 is 2.56 bits per heavy atom. The van der Waals surface area contributed by atoms with Gasteiger partial charge in [0.05, 0.1) is 17.7 Å². The van der Waals surface area contributed by atoms with E-state index in [4.69, 9.17) is 9.47 Å². The number of ether oxygens (including phenoxy) is 2. The van der Waals surface area contributed by atoms with E-state index in [1.807, 2.05) is 30.3 Å². The number of hydrogen-bond acceptors (Lipinski definition) is 6. The zero-order chi connectivity index (χ0) is 27.4. The average Bonchev–Trinajstić information content (AvgIpc) is 3.20. The summed E-state index contributed by atoms with van der Waals surface area (Å²) in [6, 6.07) is 26.6. The summed E-state index contributed by atoms with van der Waals surface area (Å²) in [4.78, 5) is 39.1. The first kappa shape index (κ1) is 26.5. The first-order valence-electron chi connectivity index (χ1n) is 12.0. The summed E-state index contributed by atoms with van der Waals surface area (Å²) in [5.41, 5.74) is 2.27. The largest absolute Gasteiger partial charge is 0.493 e. The Bertz CT molecular complexity index is 1620. The van der Waals surface area contributed by atoms with Gasteiger partial charge in [-0.3, -0.25) is 19.3 Å². The SMILES string of the molecule is COc1cc(/C=C2/SC(=O)N(CC(=O)Nc3ccccc3Br)C2=O)ccc1OCc1cccc2ccccc12. The molecule has 5 rings (SSSR count). The predicted octanol–water partition coefficient (Wildman–Crippen LogP) is 6.86. The number of amides is 3.